The summed E-state index contributed by atoms with van der Waals surface area (Å²) in [6.45, 7) is 1.29. The molecule has 1 aromatic rings. The molecule has 0 saturated carbocycles. The van der Waals surface area contributed by atoms with Gasteiger partial charge in [-0.15, -0.1) is 0 Å². The molecule has 168 valence electrons. The van der Waals surface area contributed by atoms with Gasteiger partial charge in [-0.25, -0.2) is 0 Å². The Bertz CT molecular complexity index is 944. The van der Waals surface area contributed by atoms with Gasteiger partial charge in [-0.1, -0.05) is 12.1 Å². The average Bonchev–Trinajstić information content (AvgIpc) is 2.90. The molecule has 0 unspecified atom stereocenters. The lowest BCUT2D eigenvalue weighted by molar-refractivity contribution is -0.131. The highest BCUT2D eigenvalue weighted by atomic mass is 16.5. The summed E-state index contributed by atoms with van der Waals surface area (Å²) in [5.74, 6) is 0.355. The lowest BCUT2D eigenvalue weighted by atomic mass is 10.0. The maximum atomic E-state index is 12.7. The van der Waals surface area contributed by atoms with E-state index in [9.17, 15) is 9.59 Å². The summed E-state index contributed by atoms with van der Waals surface area (Å²) in [5.41, 5.74) is 14.7. The van der Waals surface area contributed by atoms with Crippen LogP contribution in [0.1, 0.15) is 19.8 Å². The van der Waals surface area contributed by atoms with E-state index < -0.39 is 0 Å². The number of allylic oxidation sites excluding steroid dienone is 2. The van der Waals surface area contributed by atoms with Gasteiger partial charge in [0.25, 0.3) is 5.91 Å². The van der Waals surface area contributed by atoms with Crippen LogP contribution < -0.4 is 21.5 Å². The van der Waals surface area contributed by atoms with Crippen molar-refractivity contribution in [3.05, 3.63) is 59.1 Å². The lowest BCUT2D eigenvalue weighted by Crippen LogP contribution is -2.44. The van der Waals surface area contributed by atoms with Gasteiger partial charge in [0.2, 0.25) is 5.91 Å². The van der Waals surface area contributed by atoms with Crippen LogP contribution in [0.5, 0.6) is 5.75 Å². The lowest BCUT2D eigenvalue weighted by Gasteiger charge is -2.32. The molecular weight excluding hydrogens is 398 g/mol. The van der Waals surface area contributed by atoms with Crippen molar-refractivity contribution in [3.63, 3.8) is 0 Å². The second kappa shape index (κ2) is 10.0. The zero-order chi connectivity index (χ0) is 22.4. The highest BCUT2D eigenvalue weighted by molar-refractivity contribution is 5.94. The molecule has 5 N–H and O–H groups in total. The fourth-order valence-electron chi connectivity index (χ4n) is 3.64. The van der Waals surface area contributed by atoms with Crippen LogP contribution in [-0.4, -0.2) is 62.2 Å². The van der Waals surface area contributed by atoms with Crippen LogP contribution in [0.25, 0.3) is 5.70 Å². The number of hydrogen-bond donors (Lipinski definition) is 3. The van der Waals surface area contributed by atoms with E-state index >= 15 is 0 Å². The van der Waals surface area contributed by atoms with Gasteiger partial charge in [0.1, 0.15) is 24.0 Å². The Labute approximate surface area is 183 Å². The van der Waals surface area contributed by atoms with Crippen molar-refractivity contribution in [1.29, 1.82) is 0 Å². The number of carbonyl (C=O) groups excluding carboxylic acids is 2. The molecule has 0 atom stereocenters. The van der Waals surface area contributed by atoms with Gasteiger partial charge >= 0.3 is 0 Å². The van der Waals surface area contributed by atoms with Crippen LogP contribution in [0.15, 0.2) is 53.5 Å². The first-order chi connectivity index (χ1) is 14.9. The van der Waals surface area contributed by atoms with Crippen LogP contribution in [0, 0.1) is 0 Å². The monoisotopic (exact) mass is 429 g/mol. The molecule has 2 amide bonds. The van der Waals surface area contributed by atoms with E-state index in [4.69, 9.17) is 20.9 Å². The van der Waals surface area contributed by atoms with Crippen LogP contribution in [-0.2, 0) is 14.3 Å². The van der Waals surface area contributed by atoms with Gasteiger partial charge in [0.05, 0.1) is 20.3 Å². The number of nitrogens with one attached hydrogen (secondary N) is 1. The third-order valence-electron chi connectivity index (χ3n) is 5.15. The quantitative estimate of drug-likeness (QED) is 0.575. The van der Waals surface area contributed by atoms with Crippen molar-refractivity contribution in [3.8, 4) is 5.75 Å². The van der Waals surface area contributed by atoms with E-state index in [2.05, 4.69) is 5.32 Å². The Balaban J connectivity index is 0.00000363. The molecule has 0 aliphatic carbocycles. The van der Waals surface area contributed by atoms with Crippen LogP contribution in [0.4, 0.5) is 0 Å². The van der Waals surface area contributed by atoms with Gasteiger partial charge in [-0.2, -0.15) is 0 Å². The number of amides is 2. The normalized spacial score (nSPS) is 17.9. The molecule has 1 aromatic carbocycles. The average molecular weight is 430 g/mol. The fraction of sp³-hybridized carbons (Fsp3) is 0.364. The van der Waals surface area contributed by atoms with Gasteiger partial charge < -0.3 is 36.1 Å². The van der Waals surface area contributed by atoms with E-state index in [0.717, 1.165) is 24.0 Å². The van der Waals surface area contributed by atoms with Crippen molar-refractivity contribution < 1.29 is 20.5 Å². The molecule has 3 rings (SSSR count). The second-order valence-corrected chi connectivity index (χ2v) is 7.45. The predicted octanol–water partition coefficient (Wildman–Crippen LogP) is 0.953. The fourth-order valence-corrected chi connectivity index (χ4v) is 3.64. The number of rotatable bonds is 6. The topological polar surface area (TPSA) is 123 Å². The maximum absolute atomic E-state index is 12.7. The molecular formula is C22H31N5O4. The molecule has 9 nitrogen and oxygen atoms in total. The minimum Gasteiger partial charge on any atom is -0.496 e. The smallest absolute Gasteiger partial charge is 0.271 e. The van der Waals surface area contributed by atoms with Gasteiger partial charge in [0.15, 0.2) is 0 Å². The summed E-state index contributed by atoms with van der Waals surface area (Å²) < 4.78 is 10.8. The first kappa shape index (κ1) is 22.2. The number of ether oxygens (including phenoxy) is 2. The third kappa shape index (κ3) is 5.37. The standard InChI is InChI=1S/C22H29N5O4.H2/c1-26-14-31-13-15-6-5-11-27(21(15)22(26)29)12-20(28)25-19(24)10-9-17(23)16-7-3-4-8-18(16)30-2;/h3-4,7-10H,5-6,11-14,23-24H2,1-2H3,(H,25,28);1H/b17-9-,19-10+;. The Morgan fingerprint density at radius 2 is 2.10 bits per heavy atom. The SMILES string of the molecule is COc1ccccc1/C(N)=C/C=C(\N)NC(=O)CN1CCCC2=C1C(=O)N(C)COC2.[HH]. The summed E-state index contributed by atoms with van der Waals surface area (Å²) in [6, 6.07) is 7.35. The number of benzene rings is 1. The molecule has 0 fully saturated rings. The minimum absolute atomic E-state index is 0. The zero-order valence-corrected chi connectivity index (χ0v) is 17.9. The van der Waals surface area contributed by atoms with Crippen LogP contribution in [0.3, 0.4) is 0 Å². The van der Waals surface area contributed by atoms with Crippen LogP contribution in [0.2, 0.25) is 0 Å². The number of nitrogens with zero attached hydrogens (tertiary/aromatic N) is 2. The van der Waals surface area contributed by atoms with Gasteiger partial charge in [0, 0.05) is 26.3 Å². The molecule has 2 aliphatic heterocycles. The molecule has 2 aliphatic rings. The van der Waals surface area contributed by atoms with E-state index in [-0.39, 0.29) is 32.3 Å². The summed E-state index contributed by atoms with van der Waals surface area (Å²) in [6.07, 6.45) is 4.78. The Hall–Kier alpha value is -3.46. The molecule has 0 bridgehead atoms. The third-order valence-corrected chi connectivity index (χ3v) is 5.15. The molecule has 0 spiro atoms. The van der Waals surface area contributed by atoms with E-state index in [1.807, 2.05) is 24.3 Å². The van der Waals surface area contributed by atoms with E-state index in [1.165, 1.54) is 11.0 Å². The van der Waals surface area contributed by atoms with Crippen molar-refractivity contribution in [1.82, 2.24) is 15.1 Å². The van der Waals surface area contributed by atoms with Gasteiger partial charge in [-0.3, -0.25) is 9.59 Å². The summed E-state index contributed by atoms with van der Waals surface area (Å²) in [4.78, 5) is 28.6. The van der Waals surface area contributed by atoms with E-state index in [0.29, 0.717) is 30.3 Å². The minimum atomic E-state index is -0.313. The number of carbonyl (C=O) groups is 2. The second-order valence-electron chi connectivity index (χ2n) is 7.45. The highest BCUT2D eigenvalue weighted by Gasteiger charge is 2.31. The maximum Gasteiger partial charge on any atom is 0.271 e. The van der Waals surface area contributed by atoms with Gasteiger partial charge in [-0.05, 0) is 42.7 Å². The molecule has 0 aromatic heterocycles. The molecule has 9 heteroatoms. The van der Waals surface area contributed by atoms with Crippen LogP contribution >= 0.6 is 0 Å². The first-order valence-electron chi connectivity index (χ1n) is 10.1. The molecule has 0 radical (unpaired) electrons. The highest BCUT2D eigenvalue weighted by Crippen LogP contribution is 2.26. The zero-order valence-electron chi connectivity index (χ0n) is 17.9. The number of likely N-dealkylation sites (N-methyl/N-ethyl adjacent to an activating group) is 1. The first-order valence-corrected chi connectivity index (χ1v) is 10.1. The summed E-state index contributed by atoms with van der Waals surface area (Å²) in [5, 5.41) is 2.65. The Morgan fingerprint density at radius 3 is 2.87 bits per heavy atom. The predicted molar refractivity (Wildman–Crippen MR) is 119 cm³/mol. The molecule has 31 heavy (non-hydrogen) atoms. The van der Waals surface area contributed by atoms with E-state index in [1.54, 1.807) is 25.1 Å². The van der Waals surface area contributed by atoms with Crippen molar-refractivity contribution in [2.75, 3.05) is 40.6 Å². The Morgan fingerprint density at radius 1 is 1.32 bits per heavy atom. The molecule has 2 heterocycles. The number of hydrogen-bond acceptors (Lipinski definition) is 7. The molecule has 0 saturated heterocycles. The number of para-hydroxylation sites is 1. The van der Waals surface area contributed by atoms with Crippen molar-refractivity contribution in [2.45, 2.75) is 12.8 Å². The summed E-state index contributed by atoms with van der Waals surface area (Å²) >= 11 is 0. The summed E-state index contributed by atoms with van der Waals surface area (Å²) in [7, 11) is 3.26. The van der Waals surface area contributed by atoms with Crippen molar-refractivity contribution >= 4 is 17.5 Å². The number of nitrogens with two attached hydrogens (primary N) is 2. The Kier molecular flexibility index (Phi) is 7.19. The van der Waals surface area contributed by atoms with Crippen molar-refractivity contribution in [2.24, 2.45) is 11.5 Å². The number of methoxy groups -OCH3 is 1. The largest absolute Gasteiger partial charge is 0.496 e.